The summed E-state index contributed by atoms with van der Waals surface area (Å²) in [5, 5.41) is 11.6. The molecule has 0 bridgehead atoms. The van der Waals surface area contributed by atoms with Crippen LogP contribution in [-0.2, 0) is 11.2 Å². The van der Waals surface area contributed by atoms with Crippen molar-refractivity contribution in [3.8, 4) is 0 Å². The van der Waals surface area contributed by atoms with Crippen LogP contribution < -0.4 is 5.32 Å². The molecule has 112 valence electrons. The summed E-state index contributed by atoms with van der Waals surface area (Å²) in [7, 11) is 0. The van der Waals surface area contributed by atoms with Gasteiger partial charge in [0, 0.05) is 24.0 Å². The smallest absolute Gasteiger partial charge is 0.317 e. The molecule has 7 heteroatoms. The highest BCUT2D eigenvalue weighted by Gasteiger charge is 2.20. The third kappa shape index (κ3) is 5.38. The topological polar surface area (TPSA) is 69.6 Å². The number of nitrogens with zero attached hydrogens (tertiary/aromatic N) is 1. The molecule has 0 aliphatic carbocycles. The lowest BCUT2D eigenvalue weighted by Crippen LogP contribution is -2.46. The molecule has 1 aromatic rings. The summed E-state index contributed by atoms with van der Waals surface area (Å²) in [5.74, 6) is -0.906. The summed E-state index contributed by atoms with van der Waals surface area (Å²) in [6.45, 7) is 4.55. The molecule has 2 amide bonds. The molecule has 1 aromatic heterocycles. The molecule has 5 nitrogen and oxygen atoms in total. The highest BCUT2D eigenvalue weighted by atomic mass is 35.5. The number of hydrogen-bond donors (Lipinski definition) is 2. The molecule has 20 heavy (non-hydrogen) atoms. The molecule has 0 fully saturated rings. The fourth-order valence-corrected chi connectivity index (χ4v) is 2.99. The van der Waals surface area contributed by atoms with Gasteiger partial charge in [0.25, 0.3) is 0 Å². The van der Waals surface area contributed by atoms with Crippen LogP contribution in [0.5, 0.6) is 0 Å². The van der Waals surface area contributed by atoms with Crippen molar-refractivity contribution in [2.75, 3.05) is 13.1 Å². The predicted octanol–water partition coefficient (Wildman–Crippen LogP) is 2.84. The predicted molar refractivity (Wildman–Crippen MR) is 80.5 cm³/mol. The fraction of sp³-hybridized carbons (Fsp3) is 0.538. The minimum absolute atomic E-state index is 0.0538. The summed E-state index contributed by atoms with van der Waals surface area (Å²) in [5.41, 5.74) is 0. The first-order valence-electron chi connectivity index (χ1n) is 6.44. The van der Waals surface area contributed by atoms with E-state index in [1.165, 1.54) is 16.2 Å². The van der Waals surface area contributed by atoms with Crippen molar-refractivity contribution in [3.05, 3.63) is 21.3 Å². The molecule has 2 N–H and O–H groups in total. The minimum atomic E-state index is -0.906. The number of nitrogens with one attached hydrogen (secondary N) is 1. The van der Waals surface area contributed by atoms with E-state index < -0.39 is 5.97 Å². The maximum absolute atomic E-state index is 12.0. The number of aliphatic carboxylic acids is 1. The van der Waals surface area contributed by atoms with Crippen LogP contribution in [0.25, 0.3) is 0 Å². The first-order valence-corrected chi connectivity index (χ1v) is 7.64. The van der Waals surface area contributed by atoms with Gasteiger partial charge in [-0.1, -0.05) is 11.6 Å². The van der Waals surface area contributed by atoms with Gasteiger partial charge in [0.15, 0.2) is 0 Å². The summed E-state index contributed by atoms with van der Waals surface area (Å²) < 4.78 is 0.733. The van der Waals surface area contributed by atoms with Crippen molar-refractivity contribution < 1.29 is 14.7 Å². The van der Waals surface area contributed by atoms with Gasteiger partial charge in [0.05, 0.1) is 10.8 Å². The quantitative estimate of drug-likeness (QED) is 0.812. The second-order valence-corrected chi connectivity index (χ2v) is 6.22. The van der Waals surface area contributed by atoms with Crippen molar-refractivity contribution in [2.24, 2.45) is 0 Å². The molecule has 0 aliphatic heterocycles. The molecule has 1 rings (SSSR count). The van der Waals surface area contributed by atoms with E-state index >= 15 is 0 Å². The Balaban J connectivity index is 2.41. The zero-order chi connectivity index (χ0) is 15.1. The molecular formula is C13H19ClN2O3S. The van der Waals surface area contributed by atoms with Crippen LogP contribution in [0.4, 0.5) is 4.79 Å². The highest BCUT2D eigenvalue weighted by Crippen LogP contribution is 2.21. The van der Waals surface area contributed by atoms with Gasteiger partial charge in [-0.3, -0.25) is 4.79 Å². The lowest BCUT2D eigenvalue weighted by Gasteiger charge is -2.27. The van der Waals surface area contributed by atoms with Gasteiger partial charge in [-0.2, -0.15) is 0 Å². The van der Waals surface area contributed by atoms with Crippen LogP contribution in [0, 0.1) is 0 Å². The number of rotatable bonds is 7. The Hall–Kier alpha value is -1.27. The Bertz CT molecular complexity index is 464. The largest absolute Gasteiger partial charge is 0.481 e. The van der Waals surface area contributed by atoms with Gasteiger partial charge >= 0.3 is 12.0 Å². The molecule has 1 heterocycles. The molecule has 0 saturated heterocycles. The molecule has 0 aromatic carbocycles. The zero-order valence-corrected chi connectivity index (χ0v) is 13.1. The average Bonchev–Trinajstić information content (AvgIpc) is 2.75. The van der Waals surface area contributed by atoms with Crippen molar-refractivity contribution in [2.45, 2.75) is 32.7 Å². The van der Waals surface area contributed by atoms with E-state index in [1.54, 1.807) is 6.92 Å². The van der Waals surface area contributed by atoms with Crippen LogP contribution in [-0.4, -0.2) is 41.1 Å². The lowest BCUT2D eigenvalue weighted by molar-refractivity contribution is -0.138. The van der Waals surface area contributed by atoms with Gasteiger partial charge in [-0.15, -0.1) is 11.3 Å². The summed E-state index contributed by atoms with van der Waals surface area (Å²) >= 11 is 7.32. The molecule has 1 unspecified atom stereocenters. The van der Waals surface area contributed by atoms with E-state index in [2.05, 4.69) is 5.32 Å². The number of halogens is 1. The number of amides is 2. The molecule has 0 saturated carbocycles. The maximum Gasteiger partial charge on any atom is 0.317 e. The van der Waals surface area contributed by atoms with Crippen molar-refractivity contribution in [3.63, 3.8) is 0 Å². The number of carbonyl (C=O) groups is 2. The number of carboxylic acids is 1. The Morgan fingerprint density at radius 2 is 2.20 bits per heavy atom. The van der Waals surface area contributed by atoms with E-state index in [1.807, 2.05) is 19.1 Å². The Labute approximate surface area is 127 Å². The number of carbonyl (C=O) groups excluding carboxylic acids is 1. The fourth-order valence-electron chi connectivity index (χ4n) is 1.90. The first kappa shape index (κ1) is 16.8. The molecule has 0 aliphatic rings. The van der Waals surface area contributed by atoms with Gasteiger partial charge in [0.2, 0.25) is 0 Å². The minimum Gasteiger partial charge on any atom is -0.481 e. The number of carboxylic acid groups (broad SMARTS) is 1. The second-order valence-electron chi connectivity index (χ2n) is 4.42. The maximum atomic E-state index is 12.0. The van der Waals surface area contributed by atoms with Gasteiger partial charge in [0.1, 0.15) is 0 Å². The standard InChI is InChI=1S/C13H19ClN2O3S/c1-3-16(9(2)8-12(17)18)13(19)15-7-6-10-4-5-11(14)20-10/h4-5,9H,3,6-8H2,1-2H3,(H,15,19)(H,17,18). The second kappa shape index (κ2) is 8.11. The van der Waals surface area contributed by atoms with E-state index in [0.717, 1.165) is 9.21 Å². The van der Waals surface area contributed by atoms with Crippen LogP contribution in [0.2, 0.25) is 4.34 Å². The monoisotopic (exact) mass is 318 g/mol. The molecular weight excluding hydrogens is 300 g/mol. The average molecular weight is 319 g/mol. The Morgan fingerprint density at radius 1 is 1.50 bits per heavy atom. The third-order valence-electron chi connectivity index (χ3n) is 2.88. The van der Waals surface area contributed by atoms with Crippen LogP contribution in [0.15, 0.2) is 12.1 Å². The van der Waals surface area contributed by atoms with E-state index in [4.69, 9.17) is 16.7 Å². The first-order chi connectivity index (χ1) is 9.43. The highest BCUT2D eigenvalue weighted by molar-refractivity contribution is 7.16. The number of hydrogen-bond acceptors (Lipinski definition) is 3. The van der Waals surface area contributed by atoms with E-state index in [-0.39, 0.29) is 18.5 Å². The van der Waals surface area contributed by atoms with Crippen LogP contribution >= 0.6 is 22.9 Å². The molecule has 0 spiro atoms. The van der Waals surface area contributed by atoms with Gasteiger partial charge < -0.3 is 15.3 Å². The Kier molecular flexibility index (Phi) is 6.81. The summed E-state index contributed by atoms with van der Waals surface area (Å²) in [4.78, 5) is 25.3. The van der Waals surface area contributed by atoms with E-state index in [0.29, 0.717) is 19.5 Å². The third-order valence-corrected chi connectivity index (χ3v) is 4.17. The number of urea groups is 1. The zero-order valence-electron chi connectivity index (χ0n) is 11.6. The Morgan fingerprint density at radius 3 is 2.70 bits per heavy atom. The van der Waals surface area contributed by atoms with Gasteiger partial charge in [-0.25, -0.2) is 4.79 Å². The van der Waals surface area contributed by atoms with E-state index in [9.17, 15) is 9.59 Å². The van der Waals surface area contributed by atoms with Crippen molar-refractivity contribution in [1.82, 2.24) is 10.2 Å². The lowest BCUT2D eigenvalue weighted by atomic mass is 10.2. The van der Waals surface area contributed by atoms with Crippen molar-refractivity contribution >= 4 is 34.9 Å². The van der Waals surface area contributed by atoms with Crippen LogP contribution in [0.1, 0.15) is 25.1 Å². The van der Waals surface area contributed by atoms with Gasteiger partial charge in [-0.05, 0) is 32.4 Å². The van der Waals surface area contributed by atoms with Crippen LogP contribution in [0.3, 0.4) is 0 Å². The number of thiophene rings is 1. The summed E-state index contributed by atoms with van der Waals surface area (Å²) in [6.07, 6.45) is 0.662. The SMILES string of the molecule is CCN(C(=O)NCCc1ccc(Cl)s1)C(C)CC(=O)O. The molecule has 1 atom stereocenters. The summed E-state index contributed by atoms with van der Waals surface area (Å²) in [6, 6.07) is 3.21. The molecule has 0 radical (unpaired) electrons. The van der Waals surface area contributed by atoms with Crippen molar-refractivity contribution in [1.29, 1.82) is 0 Å². The normalized spacial score (nSPS) is 11.9.